The van der Waals surface area contributed by atoms with Gasteiger partial charge in [-0.15, -0.1) is 0 Å². The summed E-state index contributed by atoms with van der Waals surface area (Å²) >= 11 is 0. The third-order valence-electron chi connectivity index (χ3n) is 5.88. The molecule has 0 amide bonds. The average molecular weight is 406 g/mol. The summed E-state index contributed by atoms with van der Waals surface area (Å²) in [4.78, 5) is 19.3. The fourth-order valence-corrected chi connectivity index (χ4v) is 4.18. The lowest BCUT2D eigenvalue weighted by Crippen LogP contribution is -2.46. The first-order valence-electron chi connectivity index (χ1n) is 10.6. The van der Waals surface area contributed by atoms with Gasteiger partial charge in [-0.05, 0) is 19.9 Å². The minimum atomic E-state index is 0.238. The Morgan fingerprint density at radius 3 is 2.30 bits per heavy atom. The molecule has 2 unspecified atom stereocenters. The minimum absolute atomic E-state index is 0.238. The van der Waals surface area contributed by atoms with Crippen LogP contribution in [0, 0.1) is 0 Å². The summed E-state index contributed by atoms with van der Waals surface area (Å²) in [7, 11) is 0. The molecule has 2 aliphatic rings. The Morgan fingerprint density at radius 2 is 1.60 bits per heavy atom. The summed E-state index contributed by atoms with van der Waals surface area (Å²) in [6.07, 6.45) is 1.92. The standard InChI is InChI=1S/C23H27N5O2/c1-16-14-29-10-8-27(16)22-19-13-24-20(18-6-4-3-5-7-18)12-21(19)25-23(26-22)28-9-11-30-15-17(28)2/h3-7,12-13,16-17H,8-11,14-15H2,1-2H3. The quantitative estimate of drug-likeness (QED) is 0.663. The lowest BCUT2D eigenvalue weighted by atomic mass is 10.1. The Morgan fingerprint density at radius 1 is 0.900 bits per heavy atom. The van der Waals surface area contributed by atoms with Crippen molar-refractivity contribution in [3.63, 3.8) is 0 Å². The molecular weight excluding hydrogens is 378 g/mol. The number of anilines is 2. The van der Waals surface area contributed by atoms with Crippen molar-refractivity contribution in [1.82, 2.24) is 15.0 Å². The van der Waals surface area contributed by atoms with Crippen molar-refractivity contribution in [2.24, 2.45) is 0 Å². The van der Waals surface area contributed by atoms with Crippen molar-refractivity contribution in [3.8, 4) is 11.3 Å². The molecule has 0 aliphatic carbocycles. The van der Waals surface area contributed by atoms with Crippen LogP contribution in [0.4, 0.5) is 11.8 Å². The lowest BCUT2D eigenvalue weighted by molar-refractivity contribution is 0.0973. The molecule has 2 fully saturated rings. The Bertz CT molecular complexity index is 1030. The maximum atomic E-state index is 5.66. The van der Waals surface area contributed by atoms with Crippen LogP contribution in [0.1, 0.15) is 13.8 Å². The summed E-state index contributed by atoms with van der Waals surface area (Å²) in [6, 6.07) is 12.8. The van der Waals surface area contributed by atoms with Crippen LogP contribution in [0.25, 0.3) is 22.2 Å². The molecule has 2 aliphatic heterocycles. The number of morpholine rings is 2. The maximum absolute atomic E-state index is 5.66. The second-order valence-corrected chi connectivity index (χ2v) is 8.03. The van der Waals surface area contributed by atoms with Crippen molar-refractivity contribution in [2.45, 2.75) is 25.9 Å². The van der Waals surface area contributed by atoms with Crippen LogP contribution in [0.15, 0.2) is 42.6 Å². The normalized spacial score (nSPS) is 22.5. The van der Waals surface area contributed by atoms with E-state index in [9.17, 15) is 0 Å². The van der Waals surface area contributed by atoms with Gasteiger partial charge in [0.2, 0.25) is 5.95 Å². The molecule has 0 spiro atoms. The predicted octanol–water partition coefficient (Wildman–Crippen LogP) is 3.14. The summed E-state index contributed by atoms with van der Waals surface area (Å²) < 4.78 is 11.3. The minimum Gasteiger partial charge on any atom is -0.377 e. The average Bonchev–Trinajstić information content (AvgIpc) is 2.79. The number of hydrogen-bond acceptors (Lipinski definition) is 7. The molecule has 0 N–H and O–H groups in total. The zero-order valence-corrected chi connectivity index (χ0v) is 17.5. The topological polar surface area (TPSA) is 63.6 Å². The van der Waals surface area contributed by atoms with Gasteiger partial charge in [0, 0.05) is 24.8 Å². The molecule has 2 saturated heterocycles. The van der Waals surface area contributed by atoms with Gasteiger partial charge < -0.3 is 19.3 Å². The largest absolute Gasteiger partial charge is 0.377 e. The Kier molecular flexibility index (Phi) is 5.23. The van der Waals surface area contributed by atoms with Crippen LogP contribution in [0.5, 0.6) is 0 Å². The zero-order valence-electron chi connectivity index (χ0n) is 17.5. The van der Waals surface area contributed by atoms with Gasteiger partial charge in [-0.3, -0.25) is 4.98 Å². The molecule has 4 heterocycles. The molecule has 156 valence electrons. The molecule has 2 aromatic heterocycles. The first-order valence-corrected chi connectivity index (χ1v) is 10.6. The third-order valence-corrected chi connectivity index (χ3v) is 5.88. The SMILES string of the molecule is CC1COCCN1c1nc(N2CCOCC2C)c2cnc(-c3ccccc3)cc2n1. The third kappa shape index (κ3) is 3.59. The Hall–Kier alpha value is -2.77. The molecule has 2 atom stereocenters. The molecule has 5 rings (SSSR count). The first-order chi connectivity index (χ1) is 14.7. The van der Waals surface area contributed by atoms with Crippen LogP contribution in [-0.2, 0) is 9.47 Å². The predicted molar refractivity (Wildman–Crippen MR) is 118 cm³/mol. The highest BCUT2D eigenvalue weighted by Gasteiger charge is 2.27. The van der Waals surface area contributed by atoms with Crippen molar-refractivity contribution < 1.29 is 9.47 Å². The number of rotatable bonds is 3. The van der Waals surface area contributed by atoms with Gasteiger partial charge in [-0.2, -0.15) is 4.98 Å². The van der Waals surface area contributed by atoms with E-state index in [0.29, 0.717) is 26.4 Å². The first kappa shape index (κ1) is 19.2. The van der Waals surface area contributed by atoms with Crippen LogP contribution < -0.4 is 9.80 Å². The van der Waals surface area contributed by atoms with E-state index in [1.807, 2.05) is 24.4 Å². The summed E-state index contributed by atoms with van der Waals surface area (Å²) in [5.41, 5.74) is 2.92. The number of ether oxygens (including phenoxy) is 2. The monoisotopic (exact) mass is 405 g/mol. The van der Waals surface area contributed by atoms with Crippen LogP contribution >= 0.6 is 0 Å². The summed E-state index contributed by atoms with van der Waals surface area (Å²) in [6.45, 7) is 8.73. The van der Waals surface area contributed by atoms with Crippen molar-refractivity contribution in [1.29, 1.82) is 0 Å². The number of benzene rings is 1. The van der Waals surface area contributed by atoms with Gasteiger partial charge >= 0.3 is 0 Å². The van der Waals surface area contributed by atoms with Gasteiger partial charge in [0.15, 0.2) is 0 Å². The second kappa shape index (κ2) is 8.16. The molecular formula is C23H27N5O2. The van der Waals surface area contributed by atoms with E-state index in [2.05, 4.69) is 41.8 Å². The van der Waals surface area contributed by atoms with Crippen molar-refractivity contribution in [3.05, 3.63) is 42.6 Å². The van der Waals surface area contributed by atoms with Gasteiger partial charge in [-0.1, -0.05) is 30.3 Å². The van der Waals surface area contributed by atoms with Crippen LogP contribution in [-0.4, -0.2) is 66.6 Å². The van der Waals surface area contributed by atoms with E-state index in [1.54, 1.807) is 0 Å². The number of pyridine rings is 1. The van der Waals surface area contributed by atoms with Gasteiger partial charge in [0.05, 0.1) is 55.1 Å². The Balaban J connectivity index is 1.66. The molecule has 0 radical (unpaired) electrons. The van der Waals surface area contributed by atoms with E-state index >= 15 is 0 Å². The van der Waals surface area contributed by atoms with E-state index in [1.165, 1.54) is 0 Å². The number of aromatic nitrogens is 3. The van der Waals surface area contributed by atoms with E-state index in [-0.39, 0.29) is 12.1 Å². The smallest absolute Gasteiger partial charge is 0.228 e. The fourth-order valence-electron chi connectivity index (χ4n) is 4.18. The van der Waals surface area contributed by atoms with E-state index in [4.69, 9.17) is 24.4 Å². The summed E-state index contributed by atoms with van der Waals surface area (Å²) in [5, 5.41) is 0.980. The van der Waals surface area contributed by atoms with Crippen molar-refractivity contribution >= 4 is 22.7 Å². The van der Waals surface area contributed by atoms with E-state index < -0.39 is 0 Å². The summed E-state index contributed by atoms with van der Waals surface area (Å²) in [5.74, 6) is 1.70. The van der Waals surface area contributed by atoms with Crippen LogP contribution in [0.2, 0.25) is 0 Å². The van der Waals surface area contributed by atoms with Crippen molar-refractivity contribution in [2.75, 3.05) is 49.3 Å². The zero-order chi connectivity index (χ0) is 20.5. The van der Waals surface area contributed by atoms with Crippen LogP contribution in [0.3, 0.4) is 0 Å². The lowest BCUT2D eigenvalue weighted by Gasteiger charge is -2.37. The molecule has 7 heteroatoms. The number of fused-ring (bicyclic) bond motifs is 1. The highest BCUT2D eigenvalue weighted by atomic mass is 16.5. The molecule has 0 bridgehead atoms. The van der Waals surface area contributed by atoms with Gasteiger partial charge in [0.25, 0.3) is 0 Å². The molecule has 30 heavy (non-hydrogen) atoms. The molecule has 1 aromatic carbocycles. The van der Waals surface area contributed by atoms with E-state index in [0.717, 1.165) is 47.0 Å². The highest BCUT2D eigenvalue weighted by molar-refractivity contribution is 5.92. The maximum Gasteiger partial charge on any atom is 0.228 e. The molecule has 7 nitrogen and oxygen atoms in total. The second-order valence-electron chi connectivity index (χ2n) is 8.03. The number of nitrogens with zero attached hydrogens (tertiary/aromatic N) is 5. The van der Waals surface area contributed by atoms with Gasteiger partial charge in [-0.25, -0.2) is 4.98 Å². The Labute approximate surface area is 176 Å². The molecule has 3 aromatic rings. The number of hydrogen-bond donors (Lipinski definition) is 0. The van der Waals surface area contributed by atoms with Gasteiger partial charge in [0.1, 0.15) is 5.82 Å². The molecule has 0 saturated carbocycles. The highest BCUT2D eigenvalue weighted by Crippen LogP contribution is 2.31. The fraction of sp³-hybridized carbons (Fsp3) is 0.435.